The lowest BCUT2D eigenvalue weighted by Gasteiger charge is -2.13. The van der Waals surface area contributed by atoms with E-state index in [1.807, 2.05) is 12.1 Å². The summed E-state index contributed by atoms with van der Waals surface area (Å²) in [5.74, 6) is 3.05. The molecule has 0 unspecified atom stereocenters. The van der Waals surface area contributed by atoms with Crippen LogP contribution >= 0.6 is 0 Å². The maximum Gasteiger partial charge on any atom is 0.231 e. The fourth-order valence-corrected chi connectivity index (χ4v) is 4.03. The summed E-state index contributed by atoms with van der Waals surface area (Å²) in [7, 11) is 5.42. The zero-order chi connectivity index (χ0) is 18.7. The van der Waals surface area contributed by atoms with E-state index >= 15 is 0 Å². The lowest BCUT2D eigenvalue weighted by Crippen LogP contribution is -2.33. The van der Waals surface area contributed by atoms with Gasteiger partial charge in [0.15, 0.2) is 28.7 Å². The molecule has 5 rings (SSSR count). The van der Waals surface area contributed by atoms with Crippen LogP contribution < -0.4 is 23.5 Å². The Morgan fingerprint density at radius 3 is 2.19 bits per heavy atom. The van der Waals surface area contributed by atoms with Gasteiger partial charge in [-0.3, -0.25) is 0 Å². The van der Waals surface area contributed by atoms with Crippen molar-refractivity contribution in [2.24, 2.45) is 7.05 Å². The van der Waals surface area contributed by atoms with Gasteiger partial charge in [-0.15, -0.1) is 0 Å². The quantitative estimate of drug-likeness (QED) is 0.399. The molecule has 136 valence electrons. The van der Waals surface area contributed by atoms with Gasteiger partial charge in [-0.1, -0.05) is 6.07 Å². The summed E-state index contributed by atoms with van der Waals surface area (Å²) in [4.78, 5) is 0. The molecule has 1 aliphatic rings. The van der Waals surface area contributed by atoms with E-state index < -0.39 is 0 Å². The Bertz CT molecular complexity index is 1250. The number of fused-ring (bicyclic) bond motifs is 6. The summed E-state index contributed by atoms with van der Waals surface area (Å²) >= 11 is 0. The largest absolute Gasteiger partial charge is 0.493 e. The Morgan fingerprint density at radius 1 is 0.815 bits per heavy atom. The minimum atomic E-state index is 0.272. The second-order valence-corrected chi connectivity index (χ2v) is 6.79. The zero-order valence-electron chi connectivity index (χ0n) is 15.8. The van der Waals surface area contributed by atoms with Crippen molar-refractivity contribution >= 4 is 32.4 Å². The molecule has 0 radical (unpaired) electrons. The van der Waals surface area contributed by atoms with Crippen LogP contribution in [-0.2, 0) is 7.05 Å². The third kappa shape index (κ3) is 2.14. The highest BCUT2D eigenvalue weighted by Crippen LogP contribution is 2.41. The molecule has 1 aromatic heterocycles. The molecule has 0 N–H and O–H groups in total. The number of ether oxygens (including phenoxy) is 4. The number of aryl methyl sites for hydroxylation is 2. The Kier molecular flexibility index (Phi) is 3.34. The molecule has 0 spiro atoms. The fraction of sp³-hybridized carbons (Fsp3) is 0.227. The molecule has 5 heteroatoms. The van der Waals surface area contributed by atoms with Gasteiger partial charge in [0.1, 0.15) is 7.05 Å². The van der Waals surface area contributed by atoms with Gasteiger partial charge in [-0.2, -0.15) is 4.57 Å². The van der Waals surface area contributed by atoms with Crippen LogP contribution in [0.25, 0.3) is 32.4 Å². The van der Waals surface area contributed by atoms with Crippen molar-refractivity contribution in [1.82, 2.24) is 0 Å². The fourth-order valence-electron chi connectivity index (χ4n) is 4.03. The van der Waals surface area contributed by atoms with Crippen LogP contribution in [0.3, 0.4) is 0 Å². The molecule has 0 saturated carbocycles. The van der Waals surface area contributed by atoms with Crippen molar-refractivity contribution in [1.29, 1.82) is 0 Å². The van der Waals surface area contributed by atoms with Crippen LogP contribution in [0, 0.1) is 6.92 Å². The average Bonchev–Trinajstić information content (AvgIpc) is 3.15. The van der Waals surface area contributed by atoms with E-state index in [0.717, 1.165) is 61.1 Å². The molecular formula is C22H20NO4+. The summed E-state index contributed by atoms with van der Waals surface area (Å²) in [5, 5.41) is 5.70. The van der Waals surface area contributed by atoms with Gasteiger partial charge in [-0.05, 0) is 35.7 Å². The maximum atomic E-state index is 5.61. The SMILES string of the molecule is COc1cc2c(C)[n+](C)c3c4cc5c(cc4ccc3c2cc1OC)OCO5. The number of nitrogens with zero attached hydrogens (tertiary/aromatic N) is 1. The monoisotopic (exact) mass is 362 g/mol. The number of pyridine rings is 1. The van der Waals surface area contributed by atoms with E-state index in [2.05, 4.69) is 42.8 Å². The second kappa shape index (κ2) is 5.64. The lowest BCUT2D eigenvalue weighted by atomic mass is 9.98. The highest BCUT2D eigenvalue weighted by Gasteiger charge is 2.23. The second-order valence-electron chi connectivity index (χ2n) is 6.79. The van der Waals surface area contributed by atoms with Crippen molar-refractivity contribution in [2.45, 2.75) is 6.92 Å². The highest BCUT2D eigenvalue weighted by atomic mass is 16.7. The zero-order valence-corrected chi connectivity index (χ0v) is 15.8. The van der Waals surface area contributed by atoms with E-state index in [4.69, 9.17) is 18.9 Å². The lowest BCUT2D eigenvalue weighted by molar-refractivity contribution is -0.649. The van der Waals surface area contributed by atoms with Gasteiger partial charge in [0.2, 0.25) is 12.3 Å². The number of hydrogen-bond donors (Lipinski definition) is 0. The molecule has 0 atom stereocenters. The van der Waals surface area contributed by atoms with E-state index in [0.29, 0.717) is 0 Å². The molecule has 0 aliphatic carbocycles. The van der Waals surface area contributed by atoms with Crippen LogP contribution in [0.5, 0.6) is 23.0 Å². The van der Waals surface area contributed by atoms with E-state index in [1.54, 1.807) is 14.2 Å². The predicted octanol–water partition coefficient (Wildman–Crippen LogP) is 4.03. The maximum absolute atomic E-state index is 5.61. The number of rotatable bonds is 2. The number of aromatic nitrogens is 1. The number of benzene rings is 3. The van der Waals surface area contributed by atoms with Crippen molar-refractivity contribution in [3.05, 3.63) is 42.1 Å². The normalized spacial score (nSPS) is 12.9. The molecule has 0 bridgehead atoms. The molecule has 5 nitrogen and oxygen atoms in total. The van der Waals surface area contributed by atoms with E-state index in [1.165, 1.54) is 0 Å². The van der Waals surface area contributed by atoms with Gasteiger partial charge < -0.3 is 18.9 Å². The van der Waals surface area contributed by atoms with Gasteiger partial charge in [0.05, 0.1) is 30.4 Å². The van der Waals surface area contributed by atoms with Crippen molar-refractivity contribution < 1.29 is 23.5 Å². The summed E-state index contributed by atoms with van der Waals surface area (Å²) in [6.07, 6.45) is 0. The van der Waals surface area contributed by atoms with Crippen molar-refractivity contribution in [2.75, 3.05) is 21.0 Å². The Hall–Kier alpha value is -3.21. The minimum absolute atomic E-state index is 0.272. The van der Waals surface area contributed by atoms with Crippen molar-refractivity contribution in [3.8, 4) is 23.0 Å². The molecule has 4 aromatic rings. The smallest absolute Gasteiger partial charge is 0.231 e. The first-order valence-electron chi connectivity index (χ1n) is 8.82. The molecular weight excluding hydrogens is 342 g/mol. The predicted molar refractivity (Wildman–Crippen MR) is 104 cm³/mol. The molecule has 0 saturated heterocycles. The molecule has 3 aromatic carbocycles. The van der Waals surface area contributed by atoms with Gasteiger partial charge in [-0.25, -0.2) is 0 Å². The summed E-state index contributed by atoms with van der Waals surface area (Å²) in [6.45, 7) is 2.40. The first-order chi connectivity index (χ1) is 13.1. The first kappa shape index (κ1) is 16.0. The van der Waals surface area contributed by atoms with Gasteiger partial charge >= 0.3 is 0 Å². The van der Waals surface area contributed by atoms with Crippen LogP contribution in [0.15, 0.2) is 36.4 Å². The third-order valence-corrected chi connectivity index (χ3v) is 5.53. The van der Waals surface area contributed by atoms with Crippen LogP contribution in [0.2, 0.25) is 0 Å². The van der Waals surface area contributed by atoms with E-state index in [9.17, 15) is 0 Å². The Labute approximate surface area is 156 Å². The van der Waals surface area contributed by atoms with Crippen molar-refractivity contribution in [3.63, 3.8) is 0 Å². The topological polar surface area (TPSA) is 40.8 Å². The Balaban J connectivity index is 1.97. The average molecular weight is 362 g/mol. The molecule has 0 amide bonds. The van der Waals surface area contributed by atoms with E-state index in [-0.39, 0.29) is 6.79 Å². The minimum Gasteiger partial charge on any atom is -0.493 e. The van der Waals surface area contributed by atoms with Crippen LogP contribution in [0.1, 0.15) is 5.69 Å². The molecule has 2 heterocycles. The highest BCUT2D eigenvalue weighted by molar-refractivity contribution is 6.15. The van der Waals surface area contributed by atoms with Crippen LogP contribution in [-0.4, -0.2) is 21.0 Å². The van der Waals surface area contributed by atoms with Crippen LogP contribution in [0.4, 0.5) is 0 Å². The molecule has 27 heavy (non-hydrogen) atoms. The molecule has 1 aliphatic heterocycles. The number of hydrogen-bond acceptors (Lipinski definition) is 4. The van der Waals surface area contributed by atoms with Gasteiger partial charge in [0.25, 0.3) is 0 Å². The van der Waals surface area contributed by atoms with Gasteiger partial charge in [0, 0.05) is 12.3 Å². The summed E-state index contributed by atoms with van der Waals surface area (Å²) in [6, 6.07) is 12.5. The standard InChI is InChI=1S/C22H20NO4/c1-12-15-8-18(24-3)19(25-4)10-17(15)14-6-5-13-7-20-21(27-11-26-20)9-16(13)22(14)23(12)2/h5-10H,11H2,1-4H3/q+1. The third-order valence-electron chi connectivity index (χ3n) is 5.53. The Morgan fingerprint density at radius 2 is 1.48 bits per heavy atom. The first-order valence-corrected chi connectivity index (χ1v) is 8.82. The molecule has 0 fully saturated rings. The summed E-state index contributed by atoms with van der Waals surface area (Å²) < 4.78 is 24.4. The summed E-state index contributed by atoms with van der Waals surface area (Å²) in [5.41, 5.74) is 2.31. The number of methoxy groups -OCH3 is 2.